The van der Waals surface area contributed by atoms with Gasteiger partial charge in [0.2, 0.25) is 0 Å². The Labute approximate surface area is 208 Å². The molecule has 6 nitrogen and oxygen atoms in total. The highest BCUT2D eigenvalue weighted by molar-refractivity contribution is 6.02. The lowest BCUT2D eigenvalue weighted by Gasteiger charge is -2.37. The quantitative estimate of drug-likeness (QED) is 0.365. The maximum absolute atomic E-state index is 13.2. The molecule has 2 amide bonds. The van der Waals surface area contributed by atoms with Crippen LogP contribution in [0.3, 0.4) is 0 Å². The van der Waals surface area contributed by atoms with Gasteiger partial charge in [-0.05, 0) is 61.9 Å². The lowest BCUT2D eigenvalue weighted by Crippen LogP contribution is -2.39. The Balaban J connectivity index is 1.63. The molecule has 4 rings (SSSR count). The summed E-state index contributed by atoms with van der Waals surface area (Å²) in [5.41, 5.74) is 3.31. The molecule has 2 saturated carbocycles. The molecule has 36 heavy (non-hydrogen) atoms. The zero-order valence-corrected chi connectivity index (χ0v) is 20.3. The maximum Gasteiger partial charge on any atom is 0.390 e. The van der Waals surface area contributed by atoms with E-state index in [1.807, 2.05) is 19.1 Å². The van der Waals surface area contributed by atoms with Crippen molar-refractivity contribution in [1.29, 1.82) is 0 Å². The first-order valence-corrected chi connectivity index (χ1v) is 12.5. The van der Waals surface area contributed by atoms with Gasteiger partial charge in [0, 0.05) is 18.3 Å². The third kappa shape index (κ3) is 6.71. The van der Waals surface area contributed by atoms with Crippen molar-refractivity contribution >= 4 is 29.1 Å². The summed E-state index contributed by atoms with van der Waals surface area (Å²) in [4.78, 5) is 26.1. The van der Waals surface area contributed by atoms with Crippen LogP contribution in [0.4, 0.5) is 35.0 Å². The smallest absolute Gasteiger partial charge is 0.390 e. The molecule has 9 heteroatoms. The summed E-state index contributed by atoms with van der Waals surface area (Å²) in [6, 6.07) is 11.9. The van der Waals surface area contributed by atoms with Crippen molar-refractivity contribution in [1.82, 2.24) is 0 Å². The fraction of sp³-hybridized carbons (Fsp3) is 0.481. The number of alkyl halides is 3. The van der Waals surface area contributed by atoms with Crippen LogP contribution in [0.5, 0.6) is 0 Å². The van der Waals surface area contributed by atoms with Gasteiger partial charge in [-0.3, -0.25) is 4.79 Å². The fourth-order valence-corrected chi connectivity index (χ4v) is 5.03. The van der Waals surface area contributed by atoms with Crippen molar-refractivity contribution in [3.05, 3.63) is 53.6 Å². The van der Waals surface area contributed by atoms with E-state index >= 15 is 0 Å². The Kier molecular flexibility index (Phi) is 7.76. The predicted molar refractivity (Wildman–Crippen MR) is 134 cm³/mol. The number of benzene rings is 2. The summed E-state index contributed by atoms with van der Waals surface area (Å²) >= 11 is 0. The van der Waals surface area contributed by atoms with E-state index in [1.165, 1.54) is 0 Å². The predicted octanol–water partition coefficient (Wildman–Crippen LogP) is 6.92. The molecule has 2 atom stereocenters. The number of carboxylic acids is 1. The molecule has 0 aliphatic heterocycles. The second kappa shape index (κ2) is 10.8. The summed E-state index contributed by atoms with van der Waals surface area (Å²) in [5, 5.41) is 15.0. The molecule has 0 radical (unpaired) electrons. The van der Waals surface area contributed by atoms with E-state index < -0.39 is 30.5 Å². The average Bonchev–Trinajstić information content (AvgIpc) is 3.63. The van der Waals surface area contributed by atoms with Crippen molar-refractivity contribution in [2.24, 2.45) is 5.92 Å². The minimum atomic E-state index is -4.30. The zero-order valence-electron chi connectivity index (χ0n) is 20.3. The molecule has 0 bridgehead atoms. The summed E-state index contributed by atoms with van der Waals surface area (Å²) < 4.78 is 39.6. The molecule has 0 spiro atoms. The van der Waals surface area contributed by atoms with Crippen molar-refractivity contribution in [2.45, 2.75) is 70.0 Å². The van der Waals surface area contributed by atoms with Gasteiger partial charge >= 0.3 is 18.2 Å². The molecule has 0 aromatic heterocycles. The number of rotatable bonds is 8. The molecule has 2 fully saturated rings. The summed E-state index contributed by atoms with van der Waals surface area (Å²) in [6.45, 7) is 1.73. The topological polar surface area (TPSA) is 81.7 Å². The lowest BCUT2D eigenvalue weighted by atomic mass is 9.93. The molecule has 3 N–H and O–H groups in total. The van der Waals surface area contributed by atoms with Gasteiger partial charge < -0.3 is 20.6 Å². The number of anilines is 3. The first kappa shape index (κ1) is 25.9. The Bertz CT molecular complexity index is 1080. The standard InChI is InChI=1S/C27H32F3N3O3/c1-17-7-10-19(11-8-17)31-26(36)32-23-15-18(21-16-22(21)25(34)35)9-12-24(23)33(14-13-27(28,29)30)20-5-3-2-4-6-20/h7-12,15,20-22H,2-6,13-14,16H2,1H3,(H,34,35)(H2,31,32,36)/t21-,22-/m0/s1. The third-order valence-electron chi connectivity index (χ3n) is 7.08. The third-order valence-corrected chi connectivity index (χ3v) is 7.08. The van der Waals surface area contributed by atoms with E-state index in [0.29, 0.717) is 23.5 Å². The van der Waals surface area contributed by atoms with E-state index in [4.69, 9.17) is 0 Å². The molecular formula is C27H32F3N3O3. The largest absolute Gasteiger partial charge is 0.481 e. The normalized spacial score (nSPS) is 20.0. The number of hydrogen-bond acceptors (Lipinski definition) is 3. The monoisotopic (exact) mass is 503 g/mol. The number of halogens is 3. The molecule has 2 aromatic rings. The molecule has 0 heterocycles. The van der Waals surface area contributed by atoms with Crippen molar-refractivity contribution in [3.8, 4) is 0 Å². The maximum atomic E-state index is 13.2. The number of carbonyl (C=O) groups excluding carboxylic acids is 1. The second-order valence-corrected chi connectivity index (χ2v) is 9.86. The van der Waals surface area contributed by atoms with Crippen LogP contribution in [0.15, 0.2) is 42.5 Å². The Morgan fingerprint density at radius 2 is 1.72 bits per heavy atom. The highest BCUT2D eigenvalue weighted by atomic mass is 19.4. The van der Waals surface area contributed by atoms with Crippen LogP contribution in [0.2, 0.25) is 0 Å². The van der Waals surface area contributed by atoms with E-state index in [2.05, 4.69) is 10.6 Å². The second-order valence-electron chi connectivity index (χ2n) is 9.86. The van der Waals surface area contributed by atoms with E-state index in [1.54, 1.807) is 35.2 Å². The van der Waals surface area contributed by atoms with Crippen LogP contribution in [0, 0.1) is 12.8 Å². The highest BCUT2D eigenvalue weighted by Crippen LogP contribution is 2.49. The zero-order chi connectivity index (χ0) is 25.9. The molecular weight excluding hydrogens is 471 g/mol. The molecule has 0 unspecified atom stereocenters. The van der Waals surface area contributed by atoms with Crippen molar-refractivity contribution in [3.63, 3.8) is 0 Å². The lowest BCUT2D eigenvalue weighted by molar-refractivity contribution is -0.138. The summed E-state index contributed by atoms with van der Waals surface area (Å²) in [7, 11) is 0. The fourth-order valence-electron chi connectivity index (χ4n) is 5.03. The Hall–Kier alpha value is -3.23. The SMILES string of the molecule is Cc1ccc(NC(=O)Nc2cc([C@@H]3C[C@@H]3C(=O)O)ccc2N(CCC(F)(F)F)C2CCCCC2)cc1. The number of nitrogens with one attached hydrogen (secondary N) is 2. The Morgan fingerprint density at radius 1 is 1.03 bits per heavy atom. The van der Waals surface area contributed by atoms with Crippen LogP contribution >= 0.6 is 0 Å². The van der Waals surface area contributed by atoms with Crippen LogP contribution in [-0.2, 0) is 4.79 Å². The number of nitrogens with zero attached hydrogens (tertiary/aromatic N) is 1. The molecule has 2 aliphatic carbocycles. The van der Waals surface area contributed by atoms with E-state index in [-0.39, 0.29) is 18.5 Å². The Morgan fingerprint density at radius 3 is 2.33 bits per heavy atom. The number of urea groups is 1. The first-order chi connectivity index (χ1) is 17.1. The van der Waals surface area contributed by atoms with Crippen molar-refractivity contribution in [2.75, 3.05) is 22.1 Å². The van der Waals surface area contributed by atoms with Crippen LogP contribution in [0.25, 0.3) is 0 Å². The van der Waals surface area contributed by atoms with Gasteiger partial charge in [0.15, 0.2) is 0 Å². The highest BCUT2D eigenvalue weighted by Gasteiger charge is 2.44. The van der Waals surface area contributed by atoms with Gasteiger partial charge in [-0.15, -0.1) is 0 Å². The van der Waals surface area contributed by atoms with E-state index in [0.717, 1.165) is 43.2 Å². The van der Waals surface area contributed by atoms with Crippen LogP contribution in [0.1, 0.15) is 62.0 Å². The number of carboxylic acid groups (broad SMARTS) is 1. The summed E-state index contributed by atoms with van der Waals surface area (Å²) in [6.07, 6.45) is -0.212. The van der Waals surface area contributed by atoms with Gasteiger partial charge in [-0.1, -0.05) is 43.0 Å². The van der Waals surface area contributed by atoms with Gasteiger partial charge in [-0.2, -0.15) is 13.2 Å². The van der Waals surface area contributed by atoms with Gasteiger partial charge in [0.05, 0.1) is 23.7 Å². The average molecular weight is 504 g/mol. The number of amides is 2. The number of carbonyl (C=O) groups is 2. The number of aliphatic carboxylic acids is 1. The van der Waals surface area contributed by atoms with Gasteiger partial charge in [0.1, 0.15) is 0 Å². The van der Waals surface area contributed by atoms with Gasteiger partial charge in [0.25, 0.3) is 0 Å². The molecule has 2 aliphatic rings. The number of aryl methyl sites for hydroxylation is 1. The van der Waals surface area contributed by atoms with Gasteiger partial charge in [-0.25, -0.2) is 4.79 Å². The molecule has 0 saturated heterocycles. The first-order valence-electron chi connectivity index (χ1n) is 12.5. The van der Waals surface area contributed by atoms with E-state index in [9.17, 15) is 27.9 Å². The van der Waals surface area contributed by atoms with Crippen LogP contribution < -0.4 is 15.5 Å². The van der Waals surface area contributed by atoms with Crippen molar-refractivity contribution < 1.29 is 27.9 Å². The number of hydrogen-bond donors (Lipinski definition) is 3. The minimum Gasteiger partial charge on any atom is -0.481 e. The summed E-state index contributed by atoms with van der Waals surface area (Å²) in [5.74, 6) is -1.52. The molecule has 2 aromatic carbocycles. The minimum absolute atomic E-state index is 0.0552. The molecule has 194 valence electrons. The van der Waals surface area contributed by atoms with Crippen LogP contribution in [-0.4, -0.2) is 35.9 Å².